The molecule has 1 saturated heterocycles. The standard InChI is InChI=1S/C14H15F3N2O3/c15-14(16,17)11-7-9(1-2-10(11)12(18)20)19-5-3-8(4-6-19)13(21)22/h1-2,7-8H,3-6H2,(H2,18,20)(H,21,22). The van der Waals surface area contributed by atoms with Crippen LogP contribution in [0.5, 0.6) is 0 Å². The number of primary amides is 1. The number of nitrogens with zero attached hydrogens (tertiary/aromatic N) is 1. The number of amides is 1. The zero-order chi connectivity index (χ0) is 16.5. The summed E-state index contributed by atoms with van der Waals surface area (Å²) < 4.78 is 39.1. The predicted molar refractivity (Wildman–Crippen MR) is 72.5 cm³/mol. The van der Waals surface area contributed by atoms with E-state index >= 15 is 0 Å². The van der Waals surface area contributed by atoms with Crippen molar-refractivity contribution >= 4 is 17.6 Å². The molecule has 1 amide bonds. The van der Waals surface area contributed by atoms with Crippen LogP contribution in [0.2, 0.25) is 0 Å². The predicted octanol–water partition coefficient (Wildman–Crippen LogP) is 2.11. The molecule has 1 fully saturated rings. The van der Waals surface area contributed by atoms with Gasteiger partial charge in [0.15, 0.2) is 0 Å². The fraction of sp³-hybridized carbons (Fsp3) is 0.429. The number of carbonyl (C=O) groups is 2. The third-order valence-electron chi connectivity index (χ3n) is 3.78. The summed E-state index contributed by atoms with van der Waals surface area (Å²) in [6, 6.07) is 3.35. The smallest absolute Gasteiger partial charge is 0.417 e. The van der Waals surface area contributed by atoms with E-state index in [0.29, 0.717) is 31.6 Å². The highest BCUT2D eigenvalue weighted by Crippen LogP contribution is 2.35. The molecule has 0 unspecified atom stereocenters. The molecule has 3 N–H and O–H groups in total. The minimum absolute atomic E-state index is 0.307. The second kappa shape index (κ2) is 5.86. The summed E-state index contributed by atoms with van der Waals surface area (Å²) in [4.78, 5) is 23.7. The van der Waals surface area contributed by atoms with Crippen molar-refractivity contribution in [3.8, 4) is 0 Å². The molecule has 120 valence electrons. The van der Waals surface area contributed by atoms with Gasteiger partial charge in [-0.2, -0.15) is 13.2 Å². The molecule has 1 heterocycles. The molecule has 5 nitrogen and oxygen atoms in total. The number of aliphatic carboxylic acids is 1. The molecule has 0 radical (unpaired) electrons. The summed E-state index contributed by atoms with van der Waals surface area (Å²) in [5, 5.41) is 8.92. The lowest BCUT2D eigenvalue weighted by Crippen LogP contribution is -2.36. The van der Waals surface area contributed by atoms with Crippen LogP contribution in [0.25, 0.3) is 0 Å². The fourth-order valence-electron chi connectivity index (χ4n) is 2.56. The van der Waals surface area contributed by atoms with Crippen molar-refractivity contribution in [3.63, 3.8) is 0 Å². The average molecular weight is 316 g/mol. The zero-order valence-electron chi connectivity index (χ0n) is 11.6. The Morgan fingerprint density at radius 1 is 1.23 bits per heavy atom. The van der Waals surface area contributed by atoms with Gasteiger partial charge < -0.3 is 15.7 Å². The van der Waals surface area contributed by atoms with E-state index < -0.39 is 35.1 Å². The maximum absolute atomic E-state index is 13.0. The van der Waals surface area contributed by atoms with Crippen LogP contribution < -0.4 is 10.6 Å². The van der Waals surface area contributed by atoms with E-state index in [1.165, 1.54) is 6.07 Å². The van der Waals surface area contributed by atoms with Crippen molar-refractivity contribution in [3.05, 3.63) is 29.3 Å². The van der Waals surface area contributed by atoms with Gasteiger partial charge in [0.05, 0.1) is 17.0 Å². The van der Waals surface area contributed by atoms with E-state index in [1.54, 1.807) is 4.90 Å². The third kappa shape index (κ3) is 3.32. The van der Waals surface area contributed by atoms with Gasteiger partial charge >= 0.3 is 12.1 Å². The molecule has 1 aliphatic heterocycles. The first-order chi connectivity index (χ1) is 10.2. The van der Waals surface area contributed by atoms with Crippen molar-refractivity contribution in [2.75, 3.05) is 18.0 Å². The minimum atomic E-state index is -4.68. The Morgan fingerprint density at radius 2 is 1.82 bits per heavy atom. The monoisotopic (exact) mass is 316 g/mol. The summed E-state index contributed by atoms with van der Waals surface area (Å²) in [5.41, 5.74) is 3.64. The second-order valence-electron chi connectivity index (χ2n) is 5.19. The maximum Gasteiger partial charge on any atom is 0.417 e. The summed E-state index contributed by atoms with van der Waals surface area (Å²) >= 11 is 0. The zero-order valence-corrected chi connectivity index (χ0v) is 11.6. The topological polar surface area (TPSA) is 83.6 Å². The SMILES string of the molecule is NC(=O)c1ccc(N2CCC(C(=O)O)CC2)cc1C(F)(F)F. The van der Waals surface area contributed by atoms with E-state index in [-0.39, 0.29) is 0 Å². The van der Waals surface area contributed by atoms with Gasteiger partial charge in [-0.1, -0.05) is 0 Å². The van der Waals surface area contributed by atoms with E-state index in [1.807, 2.05) is 0 Å². The van der Waals surface area contributed by atoms with Crippen LogP contribution in [-0.4, -0.2) is 30.1 Å². The molecule has 0 bridgehead atoms. The molecule has 1 aromatic carbocycles. The van der Waals surface area contributed by atoms with E-state index in [2.05, 4.69) is 0 Å². The molecule has 22 heavy (non-hydrogen) atoms. The van der Waals surface area contributed by atoms with Crippen LogP contribution in [0, 0.1) is 5.92 Å². The van der Waals surface area contributed by atoms with Crippen molar-refractivity contribution in [1.82, 2.24) is 0 Å². The van der Waals surface area contributed by atoms with Gasteiger partial charge in [0.25, 0.3) is 0 Å². The van der Waals surface area contributed by atoms with Gasteiger partial charge in [0, 0.05) is 18.8 Å². The first kappa shape index (κ1) is 16.1. The Hall–Kier alpha value is -2.25. The molecule has 2 rings (SSSR count). The number of hydrogen-bond donors (Lipinski definition) is 2. The van der Waals surface area contributed by atoms with Crippen molar-refractivity contribution in [2.24, 2.45) is 11.7 Å². The number of carboxylic acids is 1. The Labute approximate surface area is 124 Å². The molecular weight excluding hydrogens is 301 g/mol. The summed E-state index contributed by atoms with van der Waals surface area (Å²) in [6.07, 6.45) is -3.94. The van der Waals surface area contributed by atoms with Gasteiger partial charge in [0.1, 0.15) is 0 Å². The Balaban J connectivity index is 2.27. The van der Waals surface area contributed by atoms with Gasteiger partial charge in [0.2, 0.25) is 5.91 Å². The summed E-state index contributed by atoms with van der Waals surface area (Å²) in [7, 11) is 0. The van der Waals surface area contributed by atoms with Crippen molar-refractivity contribution in [1.29, 1.82) is 0 Å². The van der Waals surface area contributed by atoms with Crippen LogP contribution in [-0.2, 0) is 11.0 Å². The van der Waals surface area contributed by atoms with Crippen LogP contribution in [0.4, 0.5) is 18.9 Å². The average Bonchev–Trinajstić information content (AvgIpc) is 2.45. The quantitative estimate of drug-likeness (QED) is 0.894. The number of alkyl halides is 3. The summed E-state index contributed by atoms with van der Waals surface area (Å²) in [5.74, 6) is -2.49. The van der Waals surface area contributed by atoms with Crippen LogP contribution >= 0.6 is 0 Å². The van der Waals surface area contributed by atoms with Crippen molar-refractivity contribution < 1.29 is 27.9 Å². The van der Waals surface area contributed by atoms with E-state index in [0.717, 1.165) is 12.1 Å². The van der Waals surface area contributed by atoms with Gasteiger partial charge in [-0.25, -0.2) is 0 Å². The number of piperidine rings is 1. The van der Waals surface area contributed by atoms with Crippen molar-refractivity contribution in [2.45, 2.75) is 19.0 Å². The molecule has 8 heteroatoms. The molecule has 0 atom stereocenters. The number of anilines is 1. The Kier molecular flexibility index (Phi) is 4.30. The number of benzene rings is 1. The fourth-order valence-corrected chi connectivity index (χ4v) is 2.56. The third-order valence-corrected chi connectivity index (χ3v) is 3.78. The molecule has 1 aliphatic rings. The van der Waals surface area contributed by atoms with E-state index in [9.17, 15) is 22.8 Å². The highest BCUT2D eigenvalue weighted by Gasteiger charge is 2.35. The molecule has 0 aromatic heterocycles. The lowest BCUT2D eigenvalue weighted by atomic mass is 9.96. The maximum atomic E-state index is 13.0. The number of carbonyl (C=O) groups excluding carboxylic acids is 1. The Bertz CT molecular complexity index is 593. The van der Waals surface area contributed by atoms with Crippen LogP contribution in [0.15, 0.2) is 18.2 Å². The number of halogens is 3. The lowest BCUT2D eigenvalue weighted by Gasteiger charge is -2.32. The molecular formula is C14H15F3N2O3. The molecule has 1 aromatic rings. The first-order valence-electron chi connectivity index (χ1n) is 6.69. The Morgan fingerprint density at radius 3 is 2.27 bits per heavy atom. The first-order valence-corrected chi connectivity index (χ1v) is 6.69. The normalized spacial score (nSPS) is 16.6. The van der Waals surface area contributed by atoms with E-state index in [4.69, 9.17) is 10.8 Å². The van der Waals surface area contributed by atoms with Crippen LogP contribution in [0.3, 0.4) is 0 Å². The highest BCUT2D eigenvalue weighted by atomic mass is 19.4. The summed E-state index contributed by atoms with van der Waals surface area (Å²) in [6.45, 7) is 0.703. The molecule has 0 spiro atoms. The molecule has 0 aliphatic carbocycles. The molecule has 0 saturated carbocycles. The number of hydrogen-bond acceptors (Lipinski definition) is 3. The number of rotatable bonds is 3. The van der Waals surface area contributed by atoms with Crippen LogP contribution in [0.1, 0.15) is 28.8 Å². The van der Waals surface area contributed by atoms with Gasteiger partial charge in [-0.3, -0.25) is 9.59 Å². The highest BCUT2D eigenvalue weighted by molar-refractivity contribution is 5.95. The van der Waals surface area contributed by atoms with Gasteiger partial charge in [-0.05, 0) is 31.0 Å². The second-order valence-corrected chi connectivity index (χ2v) is 5.19. The number of nitrogens with two attached hydrogens (primary N) is 1. The minimum Gasteiger partial charge on any atom is -0.481 e. The number of carboxylic acid groups (broad SMARTS) is 1. The van der Waals surface area contributed by atoms with Gasteiger partial charge in [-0.15, -0.1) is 0 Å². The lowest BCUT2D eigenvalue weighted by molar-refractivity contribution is -0.142. The largest absolute Gasteiger partial charge is 0.481 e.